The largest absolute Gasteiger partial charge is 0.477 e. The number of carbonyl (C=O) groups is 1. The van der Waals surface area contributed by atoms with Crippen LogP contribution in [0, 0.1) is 0 Å². The highest BCUT2D eigenvalue weighted by molar-refractivity contribution is 7.17. The molecule has 1 aromatic heterocycles. The highest BCUT2D eigenvalue weighted by atomic mass is 32.1. The van der Waals surface area contributed by atoms with Crippen molar-refractivity contribution in [3.05, 3.63) is 17.0 Å². The zero-order valence-electron chi connectivity index (χ0n) is 9.06. The zero-order valence-corrected chi connectivity index (χ0v) is 9.87. The SMILES string of the molecule is COCC(C)N(C)c1ccc(C(=O)O)s1. The van der Waals surface area contributed by atoms with E-state index in [4.69, 9.17) is 9.84 Å². The topological polar surface area (TPSA) is 49.8 Å². The lowest BCUT2D eigenvalue weighted by Crippen LogP contribution is -2.31. The minimum Gasteiger partial charge on any atom is -0.477 e. The number of likely N-dealkylation sites (N-methyl/N-ethyl adjacent to an activating group) is 1. The fourth-order valence-corrected chi connectivity index (χ4v) is 2.11. The van der Waals surface area contributed by atoms with Crippen LogP contribution in [0.5, 0.6) is 0 Å². The summed E-state index contributed by atoms with van der Waals surface area (Å²) in [5.74, 6) is -0.876. The third-order valence-corrected chi connectivity index (χ3v) is 3.38. The molecule has 0 bridgehead atoms. The Labute approximate surface area is 93.1 Å². The Morgan fingerprint density at radius 2 is 2.33 bits per heavy atom. The Morgan fingerprint density at radius 1 is 1.67 bits per heavy atom. The Bertz CT molecular complexity index is 337. The van der Waals surface area contributed by atoms with Gasteiger partial charge in [0, 0.05) is 20.2 Å². The van der Waals surface area contributed by atoms with Gasteiger partial charge in [0.2, 0.25) is 0 Å². The molecule has 0 aromatic carbocycles. The minimum absolute atomic E-state index is 0.232. The smallest absolute Gasteiger partial charge is 0.345 e. The molecule has 0 amide bonds. The highest BCUT2D eigenvalue weighted by Crippen LogP contribution is 2.26. The fraction of sp³-hybridized carbons (Fsp3) is 0.500. The summed E-state index contributed by atoms with van der Waals surface area (Å²) in [5.41, 5.74) is 0. The van der Waals surface area contributed by atoms with E-state index >= 15 is 0 Å². The van der Waals surface area contributed by atoms with Gasteiger partial charge in [-0.25, -0.2) is 4.79 Å². The minimum atomic E-state index is -0.876. The summed E-state index contributed by atoms with van der Waals surface area (Å²) in [6.07, 6.45) is 0. The van der Waals surface area contributed by atoms with Gasteiger partial charge < -0.3 is 14.7 Å². The van der Waals surface area contributed by atoms with E-state index in [-0.39, 0.29) is 6.04 Å². The molecule has 1 unspecified atom stereocenters. The number of rotatable bonds is 5. The molecule has 1 aromatic rings. The van der Waals surface area contributed by atoms with Crippen LogP contribution >= 0.6 is 11.3 Å². The van der Waals surface area contributed by atoms with Crippen LogP contribution in [0.15, 0.2) is 12.1 Å². The molecule has 0 aliphatic rings. The number of anilines is 1. The van der Waals surface area contributed by atoms with Gasteiger partial charge in [-0.15, -0.1) is 11.3 Å². The number of hydrogen-bond acceptors (Lipinski definition) is 4. The lowest BCUT2D eigenvalue weighted by molar-refractivity contribution is 0.0702. The summed E-state index contributed by atoms with van der Waals surface area (Å²) in [5, 5.41) is 9.73. The quantitative estimate of drug-likeness (QED) is 0.838. The van der Waals surface area contributed by atoms with Crippen molar-refractivity contribution in [2.45, 2.75) is 13.0 Å². The molecular weight excluding hydrogens is 214 g/mol. The third kappa shape index (κ3) is 2.94. The molecule has 15 heavy (non-hydrogen) atoms. The standard InChI is InChI=1S/C10H15NO3S/c1-7(6-14-3)11(2)9-5-4-8(15-9)10(12)13/h4-5,7H,6H2,1-3H3,(H,12,13). The first-order chi connectivity index (χ1) is 7.06. The van der Waals surface area contributed by atoms with E-state index in [0.29, 0.717) is 11.5 Å². The number of carboxylic acid groups (broad SMARTS) is 1. The lowest BCUT2D eigenvalue weighted by Gasteiger charge is -2.24. The number of carboxylic acids is 1. The molecule has 0 radical (unpaired) electrons. The van der Waals surface area contributed by atoms with Gasteiger partial charge in [-0.2, -0.15) is 0 Å². The second kappa shape index (κ2) is 5.14. The second-order valence-electron chi connectivity index (χ2n) is 3.36. The fourth-order valence-electron chi connectivity index (χ4n) is 1.20. The average molecular weight is 229 g/mol. The number of methoxy groups -OCH3 is 1. The lowest BCUT2D eigenvalue weighted by atomic mass is 10.3. The van der Waals surface area contributed by atoms with E-state index in [9.17, 15) is 4.79 Å². The molecule has 84 valence electrons. The van der Waals surface area contributed by atoms with Gasteiger partial charge in [0.15, 0.2) is 0 Å². The Kier molecular flexibility index (Phi) is 4.11. The van der Waals surface area contributed by atoms with Crippen molar-refractivity contribution in [1.82, 2.24) is 0 Å². The van der Waals surface area contributed by atoms with Crippen molar-refractivity contribution in [3.8, 4) is 0 Å². The van der Waals surface area contributed by atoms with E-state index in [2.05, 4.69) is 0 Å². The summed E-state index contributed by atoms with van der Waals surface area (Å²) in [7, 11) is 3.59. The van der Waals surface area contributed by atoms with Crippen molar-refractivity contribution >= 4 is 22.3 Å². The van der Waals surface area contributed by atoms with Crippen molar-refractivity contribution in [2.24, 2.45) is 0 Å². The van der Waals surface area contributed by atoms with Crippen LogP contribution in [0.3, 0.4) is 0 Å². The van der Waals surface area contributed by atoms with E-state index in [0.717, 1.165) is 5.00 Å². The van der Waals surface area contributed by atoms with Crippen LogP contribution in [0.2, 0.25) is 0 Å². The highest BCUT2D eigenvalue weighted by Gasteiger charge is 2.14. The summed E-state index contributed by atoms with van der Waals surface area (Å²) in [6, 6.07) is 3.67. The molecule has 0 fully saturated rings. The molecule has 1 atom stereocenters. The van der Waals surface area contributed by atoms with Gasteiger partial charge >= 0.3 is 5.97 Å². The summed E-state index contributed by atoms with van der Waals surface area (Å²) >= 11 is 1.27. The van der Waals surface area contributed by atoms with E-state index in [1.165, 1.54) is 11.3 Å². The van der Waals surface area contributed by atoms with Crippen LogP contribution in [-0.2, 0) is 4.74 Å². The van der Waals surface area contributed by atoms with E-state index in [1.54, 1.807) is 13.2 Å². The van der Waals surface area contributed by atoms with Crippen LogP contribution in [0.1, 0.15) is 16.6 Å². The van der Waals surface area contributed by atoms with Gasteiger partial charge in [0.25, 0.3) is 0 Å². The number of nitrogens with zero attached hydrogens (tertiary/aromatic N) is 1. The van der Waals surface area contributed by atoms with Crippen LogP contribution < -0.4 is 4.90 Å². The predicted molar refractivity (Wildman–Crippen MR) is 61.0 cm³/mol. The first kappa shape index (κ1) is 12.0. The number of thiophene rings is 1. The zero-order chi connectivity index (χ0) is 11.4. The van der Waals surface area contributed by atoms with Crippen molar-refractivity contribution in [1.29, 1.82) is 0 Å². The normalized spacial score (nSPS) is 12.5. The summed E-state index contributed by atoms with van der Waals surface area (Å²) < 4.78 is 5.05. The number of hydrogen-bond donors (Lipinski definition) is 1. The average Bonchev–Trinajstić information content (AvgIpc) is 2.65. The molecule has 1 rings (SSSR count). The molecule has 4 nitrogen and oxygen atoms in total. The van der Waals surface area contributed by atoms with Gasteiger partial charge in [-0.1, -0.05) is 0 Å². The van der Waals surface area contributed by atoms with Crippen molar-refractivity contribution < 1.29 is 14.6 Å². The van der Waals surface area contributed by atoms with Crippen molar-refractivity contribution in [3.63, 3.8) is 0 Å². The van der Waals surface area contributed by atoms with Gasteiger partial charge in [-0.05, 0) is 19.1 Å². The molecule has 0 saturated carbocycles. The molecule has 0 saturated heterocycles. The maximum atomic E-state index is 10.7. The molecule has 0 spiro atoms. The molecule has 1 heterocycles. The molecular formula is C10H15NO3S. The van der Waals surface area contributed by atoms with Crippen LogP contribution in [-0.4, -0.2) is 37.9 Å². The van der Waals surface area contributed by atoms with Gasteiger partial charge in [0.1, 0.15) is 4.88 Å². The first-order valence-corrected chi connectivity index (χ1v) is 5.42. The maximum absolute atomic E-state index is 10.7. The number of aromatic carboxylic acids is 1. The van der Waals surface area contributed by atoms with Crippen LogP contribution in [0.4, 0.5) is 5.00 Å². The third-order valence-electron chi connectivity index (χ3n) is 2.22. The van der Waals surface area contributed by atoms with Gasteiger partial charge in [0.05, 0.1) is 11.6 Å². The van der Waals surface area contributed by atoms with Gasteiger partial charge in [-0.3, -0.25) is 0 Å². The monoisotopic (exact) mass is 229 g/mol. The maximum Gasteiger partial charge on any atom is 0.345 e. The second-order valence-corrected chi connectivity index (χ2v) is 4.42. The molecule has 0 aliphatic carbocycles. The molecule has 1 N–H and O–H groups in total. The van der Waals surface area contributed by atoms with E-state index in [1.807, 2.05) is 24.9 Å². The van der Waals surface area contributed by atoms with Crippen LogP contribution in [0.25, 0.3) is 0 Å². The molecule has 5 heteroatoms. The Balaban J connectivity index is 2.73. The molecule has 0 aliphatic heterocycles. The predicted octanol–water partition coefficient (Wildman–Crippen LogP) is 1.92. The summed E-state index contributed by atoms with van der Waals surface area (Å²) in [6.45, 7) is 2.65. The number of ether oxygens (including phenoxy) is 1. The summed E-state index contributed by atoms with van der Waals surface area (Å²) in [4.78, 5) is 13.1. The first-order valence-electron chi connectivity index (χ1n) is 4.61. The van der Waals surface area contributed by atoms with Crippen molar-refractivity contribution in [2.75, 3.05) is 25.7 Å². The van der Waals surface area contributed by atoms with E-state index < -0.39 is 5.97 Å². The Hall–Kier alpha value is -1.07. The Morgan fingerprint density at radius 3 is 2.80 bits per heavy atom.